The third-order valence-corrected chi connectivity index (χ3v) is 8.96. The minimum atomic E-state index is 0.132. The van der Waals surface area contributed by atoms with Crippen LogP contribution in [0.2, 0.25) is 5.02 Å². The molecule has 1 amide bonds. The Kier molecular flexibility index (Phi) is 6.96. The summed E-state index contributed by atoms with van der Waals surface area (Å²) in [6.45, 7) is 1.48. The molecule has 0 spiro atoms. The summed E-state index contributed by atoms with van der Waals surface area (Å²) in [5, 5.41) is 10.1. The molecule has 176 valence electrons. The van der Waals surface area contributed by atoms with E-state index in [1.807, 2.05) is 17.2 Å². The maximum Gasteiger partial charge on any atom is 0.226 e. The van der Waals surface area contributed by atoms with Crippen LogP contribution in [0.25, 0.3) is 0 Å². The van der Waals surface area contributed by atoms with Gasteiger partial charge in [-0.2, -0.15) is 0 Å². The number of piperidine rings is 1. The molecule has 1 aliphatic carbocycles. The van der Waals surface area contributed by atoms with Gasteiger partial charge in [-0.1, -0.05) is 17.7 Å². The van der Waals surface area contributed by atoms with E-state index in [-0.39, 0.29) is 11.8 Å². The van der Waals surface area contributed by atoms with E-state index in [4.69, 9.17) is 16.6 Å². The van der Waals surface area contributed by atoms with Crippen LogP contribution in [0.3, 0.4) is 0 Å². The molecule has 0 saturated carbocycles. The molecule has 2 aromatic heterocycles. The molecule has 8 heteroatoms. The summed E-state index contributed by atoms with van der Waals surface area (Å²) < 4.78 is 2.98. The minimum Gasteiger partial charge on any atom is -0.342 e. The summed E-state index contributed by atoms with van der Waals surface area (Å²) in [5.41, 5.74) is 5.91. The zero-order valence-electron chi connectivity index (χ0n) is 18.6. The van der Waals surface area contributed by atoms with Gasteiger partial charge in [-0.25, -0.2) is 0 Å². The average Bonchev–Trinajstić information content (AvgIpc) is 3.00. The number of rotatable bonds is 3. The molecule has 3 aromatic rings. The molecule has 1 aliphatic heterocycles. The van der Waals surface area contributed by atoms with Crippen molar-refractivity contribution in [1.29, 1.82) is 0 Å². The van der Waals surface area contributed by atoms with Crippen molar-refractivity contribution in [3.05, 3.63) is 90.8 Å². The van der Waals surface area contributed by atoms with Gasteiger partial charge in [-0.15, -0.1) is 0 Å². The highest BCUT2D eigenvalue weighted by molar-refractivity contribution is 9.10. The molecule has 1 aromatic carbocycles. The van der Waals surface area contributed by atoms with Gasteiger partial charge in [0, 0.05) is 51.0 Å². The van der Waals surface area contributed by atoms with E-state index in [2.05, 4.69) is 44.0 Å². The van der Waals surface area contributed by atoms with Crippen LogP contribution in [0.5, 0.6) is 0 Å². The molecule has 3 heterocycles. The monoisotopic (exact) mass is 604 g/mol. The summed E-state index contributed by atoms with van der Waals surface area (Å²) >= 11 is 13.8. The van der Waals surface area contributed by atoms with E-state index >= 15 is 0 Å². The number of pyridine rings is 2. The molecule has 34 heavy (non-hydrogen) atoms. The average molecular weight is 607 g/mol. The number of aryl methyl sites for hydroxylation is 1. The van der Waals surface area contributed by atoms with Gasteiger partial charge in [0.25, 0.3) is 0 Å². The fraction of sp³-hybridized carbons (Fsp3) is 0.346. The van der Waals surface area contributed by atoms with Crippen LogP contribution in [0.15, 0.2) is 57.9 Å². The van der Waals surface area contributed by atoms with Crippen molar-refractivity contribution in [3.8, 4) is 0 Å². The molecule has 2 aliphatic rings. The number of halogens is 3. The van der Waals surface area contributed by atoms with Crippen molar-refractivity contribution in [2.24, 2.45) is 5.92 Å². The first-order chi connectivity index (χ1) is 16.4. The van der Waals surface area contributed by atoms with Crippen LogP contribution in [0.4, 0.5) is 0 Å². The van der Waals surface area contributed by atoms with Gasteiger partial charge in [0.2, 0.25) is 18.3 Å². The summed E-state index contributed by atoms with van der Waals surface area (Å²) in [7, 11) is 0. The quantitative estimate of drug-likeness (QED) is 0.317. The van der Waals surface area contributed by atoms with Crippen LogP contribution in [-0.4, -0.2) is 34.1 Å². The summed E-state index contributed by atoms with van der Waals surface area (Å²) in [6.07, 6.45) is 9.04. The standard InChI is InChI=1S/C26H25Br2ClN3O2/c27-19-14-18-1-2-21-20(3-4-22(29)25(21)28)24(26(18)30-15-19)17-7-9-31(10-8-17)23(33)13-16-5-11-32(34)12-6-16/h3-6,11-12,14-15,17,24,34H,1-2,7-10,13H2/q+1. The summed E-state index contributed by atoms with van der Waals surface area (Å²) in [4.78, 5) is 19.8. The lowest BCUT2D eigenvalue weighted by Gasteiger charge is -2.37. The number of hydrogen-bond donors (Lipinski definition) is 1. The molecular formula is C26H25Br2ClN3O2+. The largest absolute Gasteiger partial charge is 0.342 e. The fourth-order valence-corrected chi connectivity index (χ4v) is 6.46. The summed E-state index contributed by atoms with van der Waals surface area (Å²) in [6, 6.07) is 9.90. The molecule has 5 rings (SSSR count). The normalized spacial score (nSPS) is 18.2. The van der Waals surface area contributed by atoms with E-state index in [0.29, 0.717) is 12.3 Å². The van der Waals surface area contributed by atoms with Crippen LogP contribution in [0.1, 0.15) is 46.7 Å². The lowest BCUT2D eigenvalue weighted by molar-refractivity contribution is -0.904. The van der Waals surface area contributed by atoms with E-state index in [0.717, 1.165) is 68.7 Å². The van der Waals surface area contributed by atoms with Crippen LogP contribution < -0.4 is 4.73 Å². The lowest BCUT2D eigenvalue weighted by Crippen LogP contribution is -2.41. The predicted molar refractivity (Wildman–Crippen MR) is 137 cm³/mol. The lowest BCUT2D eigenvalue weighted by atomic mass is 9.76. The predicted octanol–water partition coefficient (Wildman–Crippen LogP) is 5.50. The third kappa shape index (κ3) is 4.75. The highest BCUT2D eigenvalue weighted by atomic mass is 79.9. The molecule has 1 unspecified atom stereocenters. The number of benzene rings is 1. The van der Waals surface area contributed by atoms with Crippen LogP contribution in [-0.2, 0) is 24.1 Å². The van der Waals surface area contributed by atoms with Gasteiger partial charge in [0.15, 0.2) is 0 Å². The first-order valence-electron chi connectivity index (χ1n) is 11.5. The minimum absolute atomic E-state index is 0.132. The van der Waals surface area contributed by atoms with Gasteiger partial charge < -0.3 is 4.90 Å². The fourth-order valence-electron chi connectivity index (χ4n) is 5.35. The van der Waals surface area contributed by atoms with E-state index < -0.39 is 0 Å². The Balaban J connectivity index is 1.39. The zero-order valence-corrected chi connectivity index (χ0v) is 22.5. The maximum absolute atomic E-state index is 12.9. The van der Waals surface area contributed by atoms with Crippen molar-refractivity contribution in [3.63, 3.8) is 0 Å². The Morgan fingerprint density at radius 2 is 1.88 bits per heavy atom. The Hall–Kier alpha value is -1.96. The second-order valence-corrected chi connectivity index (χ2v) is 11.2. The van der Waals surface area contributed by atoms with E-state index in [9.17, 15) is 10.0 Å². The first kappa shape index (κ1) is 23.8. The molecule has 1 N–H and O–H groups in total. The number of nitrogens with zero attached hydrogens (tertiary/aromatic N) is 3. The Morgan fingerprint density at radius 1 is 1.15 bits per heavy atom. The molecule has 0 radical (unpaired) electrons. The third-order valence-electron chi connectivity index (χ3n) is 7.08. The molecule has 1 fully saturated rings. The van der Waals surface area contributed by atoms with Crippen LogP contribution in [0, 0.1) is 5.92 Å². The first-order valence-corrected chi connectivity index (χ1v) is 13.5. The van der Waals surface area contributed by atoms with Crippen molar-refractivity contribution < 1.29 is 14.7 Å². The number of carbonyl (C=O) groups is 1. The van der Waals surface area contributed by atoms with Gasteiger partial charge in [-0.05, 0) is 97.8 Å². The van der Waals surface area contributed by atoms with Crippen molar-refractivity contribution in [1.82, 2.24) is 9.88 Å². The van der Waals surface area contributed by atoms with Gasteiger partial charge in [0.05, 0.1) is 17.1 Å². The van der Waals surface area contributed by atoms with Crippen molar-refractivity contribution in [2.75, 3.05) is 13.1 Å². The number of aromatic nitrogens is 2. The SMILES string of the molecule is O=C(Cc1cc[n+](O)cc1)N1CCC(C2c3ccc(Cl)c(Br)c3CCc3cc(Br)cnc32)CC1. The molecular weight excluding hydrogens is 582 g/mol. The second kappa shape index (κ2) is 9.96. The van der Waals surface area contributed by atoms with Gasteiger partial charge >= 0.3 is 0 Å². The number of carbonyl (C=O) groups excluding carboxylic acids is 1. The van der Waals surface area contributed by atoms with Gasteiger partial charge in [0.1, 0.15) is 0 Å². The Bertz CT molecular complexity index is 1230. The molecule has 1 saturated heterocycles. The number of hydrogen-bond acceptors (Lipinski definition) is 3. The number of fused-ring (bicyclic) bond motifs is 2. The van der Waals surface area contributed by atoms with E-state index in [1.54, 1.807) is 24.5 Å². The number of amides is 1. The molecule has 0 bridgehead atoms. The molecule has 5 nitrogen and oxygen atoms in total. The molecule has 1 atom stereocenters. The summed E-state index contributed by atoms with van der Waals surface area (Å²) in [5.74, 6) is 0.708. The van der Waals surface area contributed by atoms with Crippen molar-refractivity contribution >= 4 is 49.4 Å². The Labute approximate surface area is 221 Å². The van der Waals surface area contributed by atoms with Gasteiger partial charge in [-0.3, -0.25) is 15.0 Å². The Morgan fingerprint density at radius 3 is 2.62 bits per heavy atom. The second-order valence-electron chi connectivity index (χ2n) is 9.09. The maximum atomic E-state index is 12.9. The van der Waals surface area contributed by atoms with Crippen molar-refractivity contribution in [2.45, 2.75) is 38.0 Å². The van der Waals surface area contributed by atoms with Crippen LogP contribution >= 0.6 is 43.5 Å². The van der Waals surface area contributed by atoms with E-state index in [1.165, 1.54) is 16.7 Å². The topological polar surface area (TPSA) is 57.3 Å². The number of likely N-dealkylation sites (tertiary alicyclic amines) is 1. The zero-order chi connectivity index (χ0) is 23.8. The highest BCUT2D eigenvalue weighted by Crippen LogP contribution is 2.45. The highest BCUT2D eigenvalue weighted by Gasteiger charge is 2.35. The smallest absolute Gasteiger partial charge is 0.226 e.